The molecule has 0 bridgehead atoms. The molecular formula is C38H55N3O6. The lowest BCUT2D eigenvalue weighted by atomic mass is 9.82. The number of fused-ring (bicyclic) bond motifs is 1. The largest absolute Gasteiger partial charge is 0.330 e. The minimum atomic E-state index is -1.00. The summed E-state index contributed by atoms with van der Waals surface area (Å²) in [6.45, 7) is 21.2. The topological polar surface area (TPSA) is 130 Å². The van der Waals surface area contributed by atoms with Gasteiger partial charge in [0, 0.05) is 30.9 Å². The van der Waals surface area contributed by atoms with Crippen LogP contribution in [0.4, 0.5) is 4.79 Å². The number of nitrogens with one attached hydrogen (secondary N) is 2. The first-order valence-corrected chi connectivity index (χ1v) is 16.9. The molecular weight excluding hydrogens is 594 g/mol. The number of likely N-dealkylation sites (tertiary alicyclic amines) is 1. The fourth-order valence-electron chi connectivity index (χ4n) is 7.07. The summed E-state index contributed by atoms with van der Waals surface area (Å²) in [5, 5.41) is 5.69. The normalized spacial score (nSPS) is 21.9. The second kappa shape index (κ2) is 14.7. The molecule has 1 aromatic carbocycles. The van der Waals surface area contributed by atoms with Gasteiger partial charge < -0.3 is 15.5 Å². The Balaban J connectivity index is 1.85. The lowest BCUT2D eigenvalue weighted by Crippen LogP contribution is -2.61. The van der Waals surface area contributed by atoms with Crippen LogP contribution in [0.3, 0.4) is 0 Å². The lowest BCUT2D eigenvalue weighted by molar-refractivity contribution is -0.144. The fraction of sp³-hybridized carbons (Fsp3) is 0.632. The van der Waals surface area contributed by atoms with Gasteiger partial charge in [0.05, 0.1) is 12.1 Å². The maximum absolute atomic E-state index is 14.4. The predicted molar refractivity (Wildman–Crippen MR) is 183 cm³/mol. The van der Waals surface area contributed by atoms with E-state index in [2.05, 4.69) is 31.1 Å². The van der Waals surface area contributed by atoms with Crippen molar-refractivity contribution in [1.29, 1.82) is 0 Å². The third-order valence-corrected chi connectivity index (χ3v) is 9.98. The van der Waals surface area contributed by atoms with E-state index in [0.29, 0.717) is 31.4 Å². The van der Waals surface area contributed by atoms with Gasteiger partial charge in [0.15, 0.2) is 17.3 Å². The molecule has 1 saturated carbocycles. The maximum atomic E-state index is 14.4. The second-order valence-electron chi connectivity index (χ2n) is 16.1. The van der Waals surface area contributed by atoms with E-state index in [9.17, 15) is 28.8 Å². The molecule has 1 aliphatic heterocycles. The first kappa shape index (κ1) is 37.8. The number of carbonyl (C=O) groups excluding carboxylic acids is 6. The monoisotopic (exact) mass is 649 g/mol. The van der Waals surface area contributed by atoms with E-state index < -0.39 is 52.5 Å². The van der Waals surface area contributed by atoms with Gasteiger partial charge in [0.25, 0.3) is 0 Å². The van der Waals surface area contributed by atoms with E-state index in [1.54, 1.807) is 35.2 Å². The smallest absolute Gasteiger partial charge is 0.316 e. The van der Waals surface area contributed by atoms with Crippen LogP contribution in [0.2, 0.25) is 0 Å². The van der Waals surface area contributed by atoms with E-state index in [-0.39, 0.29) is 47.6 Å². The summed E-state index contributed by atoms with van der Waals surface area (Å²) in [5.41, 5.74) is -1.03. The number of hydrogen-bond donors (Lipinski definition) is 2. The van der Waals surface area contributed by atoms with Crippen molar-refractivity contribution in [3.8, 4) is 0 Å². The third kappa shape index (κ3) is 8.65. The van der Waals surface area contributed by atoms with Crippen molar-refractivity contribution in [3.05, 3.63) is 48.6 Å². The highest BCUT2D eigenvalue weighted by molar-refractivity contribution is 6.38. The molecule has 0 radical (unpaired) electrons. The molecule has 1 saturated heterocycles. The fourth-order valence-corrected chi connectivity index (χ4v) is 7.07. The number of carbonyl (C=O) groups is 6. The molecule has 9 nitrogen and oxygen atoms in total. The molecule has 0 aromatic heterocycles. The standard InChI is InChI=1S/C38H55N3O6/c1-11-13-20-26(42)30(44)24(17-12-2)21-27(43)29-28-25(38(28,9)10)22-41(29)34(46)33(37(6,7)8)40-35(47)39-32(36(3,4)5)31(45)23-18-15-14-16-19-23/h11,14-16,18-19,24-25,28-29,32-33H,1,12-13,17,20-22H2,2-10H3,(H2,39,40,47)/t24?,25-,28-,29+,32?,33+/m0/s1. The Morgan fingerprint density at radius 1 is 0.957 bits per heavy atom. The van der Waals surface area contributed by atoms with Crippen LogP contribution in [-0.2, 0) is 19.2 Å². The van der Waals surface area contributed by atoms with E-state index in [1.165, 1.54) is 0 Å². The summed E-state index contributed by atoms with van der Waals surface area (Å²) in [7, 11) is 0. The number of piperidine rings is 1. The van der Waals surface area contributed by atoms with Crippen molar-refractivity contribution in [1.82, 2.24) is 15.5 Å². The lowest BCUT2D eigenvalue weighted by Gasteiger charge is -2.38. The molecule has 3 rings (SSSR count). The zero-order chi connectivity index (χ0) is 35.5. The van der Waals surface area contributed by atoms with Crippen LogP contribution >= 0.6 is 0 Å². The average molecular weight is 650 g/mol. The van der Waals surface area contributed by atoms with E-state index >= 15 is 0 Å². The Hall–Kier alpha value is -3.62. The number of ketones is 4. The van der Waals surface area contributed by atoms with E-state index in [1.807, 2.05) is 54.5 Å². The summed E-state index contributed by atoms with van der Waals surface area (Å²) in [5.74, 6) is -2.57. The number of allylic oxidation sites excluding steroid dienone is 1. The zero-order valence-corrected chi connectivity index (χ0v) is 29.8. The predicted octanol–water partition coefficient (Wildman–Crippen LogP) is 5.96. The van der Waals surface area contributed by atoms with E-state index in [0.717, 1.165) is 0 Å². The minimum Gasteiger partial charge on any atom is -0.330 e. The highest BCUT2D eigenvalue weighted by Crippen LogP contribution is 2.65. The molecule has 47 heavy (non-hydrogen) atoms. The number of benzene rings is 1. The molecule has 1 aliphatic carbocycles. The van der Waals surface area contributed by atoms with Crippen LogP contribution in [-0.4, -0.2) is 64.6 Å². The quantitative estimate of drug-likeness (QED) is 0.137. The van der Waals surface area contributed by atoms with Gasteiger partial charge in [-0.15, -0.1) is 6.58 Å². The van der Waals surface area contributed by atoms with Crippen LogP contribution < -0.4 is 10.6 Å². The van der Waals surface area contributed by atoms with Crippen molar-refractivity contribution < 1.29 is 28.8 Å². The Labute approximate surface area is 280 Å². The van der Waals surface area contributed by atoms with Gasteiger partial charge in [-0.2, -0.15) is 0 Å². The third-order valence-electron chi connectivity index (χ3n) is 9.98. The van der Waals surface area contributed by atoms with Gasteiger partial charge >= 0.3 is 6.03 Å². The molecule has 2 unspecified atom stereocenters. The molecule has 2 fully saturated rings. The van der Waals surface area contributed by atoms with Crippen LogP contribution in [0.15, 0.2) is 43.0 Å². The Kier molecular flexibility index (Phi) is 11.8. The van der Waals surface area contributed by atoms with Gasteiger partial charge in [-0.05, 0) is 40.9 Å². The summed E-state index contributed by atoms with van der Waals surface area (Å²) in [6.07, 6.45) is 2.99. The van der Waals surface area contributed by atoms with Crippen LogP contribution in [0.1, 0.15) is 105 Å². The van der Waals surface area contributed by atoms with Crippen molar-refractivity contribution in [2.45, 2.75) is 113 Å². The van der Waals surface area contributed by atoms with Crippen molar-refractivity contribution >= 4 is 35.1 Å². The summed E-state index contributed by atoms with van der Waals surface area (Å²) in [4.78, 5) is 82.7. The number of nitrogens with zero attached hydrogens (tertiary/aromatic N) is 1. The summed E-state index contributed by atoms with van der Waals surface area (Å²) >= 11 is 0. The number of hydrogen-bond acceptors (Lipinski definition) is 6. The molecule has 6 atom stereocenters. The minimum absolute atomic E-state index is 0.0660. The molecule has 2 aliphatic rings. The Morgan fingerprint density at radius 3 is 2.06 bits per heavy atom. The molecule has 1 heterocycles. The molecule has 3 amide bonds. The van der Waals surface area contributed by atoms with Crippen LogP contribution in [0.5, 0.6) is 0 Å². The summed E-state index contributed by atoms with van der Waals surface area (Å²) in [6, 6.07) is 5.48. The first-order chi connectivity index (χ1) is 21.8. The molecule has 2 N–H and O–H groups in total. The average Bonchev–Trinajstić information content (AvgIpc) is 3.30. The highest BCUT2D eigenvalue weighted by Gasteiger charge is 2.69. The SMILES string of the molecule is C=CCCC(=O)C(=O)C(CCC)CC(=O)[C@@H]1[C@@H]2[C@H](CN1C(=O)[C@@H](NC(=O)NC(C(=O)c1ccccc1)C(C)(C)C)C(C)(C)C)C2(C)C. The number of Topliss-reactive ketones (excluding diaryl/α,β-unsaturated/α-hetero) is 4. The van der Waals surface area contributed by atoms with Gasteiger partial charge in [0.1, 0.15) is 6.04 Å². The first-order valence-electron chi connectivity index (χ1n) is 16.9. The molecule has 0 spiro atoms. The van der Waals surface area contributed by atoms with Crippen molar-refractivity contribution in [2.24, 2.45) is 34.0 Å². The van der Waals surface area contributed by atoms with Crippen molar-refractivity contribution in [2.75, 3.05) is 6.54 Å². The Bertz CT molecular complexity index is 1370. The van der Waals surface area contributed by atoms with Crippen LogP contribution in [0.25, 0.3) is 0 Å². The van der Waals surface area contributed by atoms with Crippen LogP contribution in [0, 0.1) is 34.0 Å². The van der Waals surface area contributed by atoms with Gasteiger partial charge in [0.2, 0.25) is 11.7 Å². The van der Waals surface area contributed by atoms with Crippen molar-refractivity contribution in [3.63, 3.8) is 0 Å². The second-order valence-corrected chi connectivity index (χ2v) is 16.1. The number of urea groups is 1. The van der Waals surface area contributed by atoms with Gasteiger partial charge in [-0.25, -0.2) is 4.79 Å². The molecule has 9 heteroatoms. The molecule has 258 valence electrons. The molecule has 1 aromatic rings. The Morgan fingerprint density at radius 2 is 1.53 bits per heavy atom. The van der Waals surface area contributed by atoms with Gasteiger partial charge in [-0.3, -0.25) is 24.0 Å². The van der Waals surface area contributed by atoms with E-state index in [4.69, 9.17) is 0 Å². The van der Waals surface area contributed by atoms with Gasteiger partial charge in [-0.1, -0.05) is 105 Å². The zero-order valence-electron chi connectivity index (χ0n) is 29.8. The maximum Gasteiger partial charge on any atom is 0.316 e. The summed E-state index contributed by atoms with van der Waals surface area (Å²) < 4.78 is 0. The highest BCUT2D eigenvalue weighted by atomic mass is 16.2. The number of amides is 3. The number of rotatable bonds is 15.